The molecule has 216 valence electrons. The Bertz CT molecular complexity index is 1360. The third kappa shape index (κ3) is 6.01. The maximum atomic E-state index is 13.6. The SMILES string of the molecule is CCc1cccc(CC)c1NC(=O)CN1C[C@H](c2cc(OC)c3c(c2)OCO3)C[C@@H]1c1ccc(OCC2CC2)cc1. The molecule has 1 N–H and O–H groups in total. The lowest BCUT2D eigenvalue weighted by atomic mass is 9.93. The number of nitrogens with zero attached hydrogens (tertiary/aromatic N) is 1. The van der Waals surface area contributed by atoms with Gasteiger partial charge in [0.25, 0.3) is 0 Å². The molecule has 2 atom stereocenters. The predicted molar refractivity (Wildman–Crippen MR) is 159 cm³/mol. The fourth-order valence-corrected chi connectivity index (χ4v) is 6.10. The smallest absolute Gasteiger partial charge is 0.238 e. The monoisotopic (exact) mass is 556 g/mol. The maximum Gasteiger partial charge on any atom is 0.238 e. The number of carbonyl (C=O) groups is 1. The molecule has 0 aromatic heterocycles. The number of ether oxygens (including phenoxy) is 4. The molecule has 2 fully saturated rings. The first-order chi connectivity index (χ1) is 20.1. The first kappa shape index (κ1) is 27.5. The van der Waals surface area contributed by atoms with Crippen LogP contribution in [0.25, 0.3) is 0 Å². The van der Waals surface area contributed by atoms with Gasteiger partial charge in [0.15, 0.2) is 11.5 Å². The second kappa shape index (κ2) is 12.0. The van der Waals surface area contributed by atoms with E-state index in [2.05, 4.69) is 78.7 Å². The summed E-state index contributed by atoms with van der Waals surface area (Å²) < 4.78 is 23.0. The summed E-state index contributed by atoms with van der Waals surface area (Å²) in [5.74, 6) is 3.89. The van der Waals surface area contributed by atoms with Gasteiger partial charge in [0.1, 0.15) is 5.75 Å². The molecule has 0 radical (unpaired) electrons. The number of benzene rings is 3. The van der Waals surface area contributed by atoms with E-state index in [1.165, 1.54) is 29.5 Å². The Morgan fingerprint density at radius 3 is 2.44 bits per heavy atom. The van der Waals surface area contributed by atoms with Crippen LogP contribution >= 0.6 is 0 Å². The predicted octanol–water partition coefficient (Wildman–Crippen LogP) is 6.51. The fourth-order valence-electron chi connectivity index (χ4n) is 6.10. The van der Waals surface area contributed by atoms with Crippen molar-refractivity contribution in [3.8, 4) is 23.0 Å². The topological polar surface area (TPSA) is 69.3 Å². The van der Waals surface area contributed by atoms with E-state index in [4.69, 9.17) is 18.9 Å². The molecule has 0 bridgehead atoms. The van der Waals surface area contributed by atoms with Crippen molar-refractivity contribution in [1.29, 1.82) is 0 Å². The van der Waals surface area contributed by atoms with Crippen LogP contribution in [0.5, 0.6) is 23.0 Å². The van der Waals surface area contributed by atoms with E-state index in [1.54, 1.807) is 7.11 Å². The maximum absolute atomic E-state index is 13.6. The Kier molecular flexibility index (Phi) is 8.06. The van der Waals surface area contributed by atoms with Gasteiger partial charge in [-0.2, -0.15) is 0 Å². The fraction of sp³-hybridized carbons (Fsp3) is 0.441. The number of methoxy groups -OCH3 is 1. The van der Waals surface area contributed by atoms with Crippen LogP contribution in [0.1, 0.15) is 67.3 Å². The summed E-state index contributed by atoms with van der Waals surface area (Å²) in [5, 5.41) is 3.27. The quantitative estimate of drug-likeness (QED) is 0.291. The van der Waals surface area contributed by atoms with Gasteiger partial charge in [-0.15, -0.1) is 0 Å². The largest absolute Gasteiger partial charge is 0.493 e. The van der Waals surface area contributed by atoms with E-state index >= 15 is 0 Å². The van der Waals surface area contributed by atoms with Crippen LogP contribution in [0.15, 0.2) is 54.6 Å². The summed E-state index contributed by atoms with van der Waals surface area (Å²) in [6.07, 6.45) is 5.17. The van der Waals surface area contributed by atoms with Crippen molar-refractivity contribution in [3.63, 3.8) is 0 Å². The Hall–Kier alpha value is -3.71. The van der Waals surface area contributed by atoms with Gasteiger partial charge in [0, 0.05) is 18.3 Å². The van der Waals surface area contributed by atoms with Crippen molar-refractivity contribution in [3.05, 3.63) is 76.9 Å². The molecule has 3 aromatic rings. The first-order valence-electron chi connectivity index (χ1n) is 14.9. The van der Waals surface area contributed by atoms with Crippen molar-refractivity contribution < 1.29 is 23.7 Å². The number of amides is 1. The van der Waals surface area contributed by atoms with Crippen molar-refractivity contribution in [2.45, 2.75) is 57.9 Å². The molecule has 0 spiro atoms. The number of hydrogen-bond acceptors (Lipinski definition) is 6. The van der Waals surface area contributed by atoms with Crippen LogP contribution in [0.2, 0.25) is 0 Å². The normalized spacial score (nSPS) is 19.8. The lowest BCUT2D eigenvalue weighted by Gasteiger charge is -2.25. The molecular weight excluding hydrogens is 516 g/mol. The highest BCUT2D eigenvalue weighted by molar-refractivity contribution is 5.94. The lowest BCUT2D eigenvalue weighted by molar-refractivity contribution is -0.117. The third-order valence-electron chi connectivity index (χ3n) is 8.61. The molecule has 3 aromatic carbocycles. The highest BCUT2D eigenvalue weighted by atomic mass is 16.7. The minimum absolute atomic E-state index is 0.0129. The van der Waals surface area contributed by atoms with Gasteiger partial charge in [0.05, 0.1) is 20.3 Å². The number of aryl methyl sites for hydroxylation is 2. The van der Waals surface area contributed by atoms with Gasteiger partial charge in [-0.3, -0.25) is 9.69 Å². The molecule has 3 aliphatic rings. The summed E-state index contributed by atoms with van der Waals surface area (Å²) in [6.45, 7) is 6.30. The van der Waals surface area contributed by atoms with Crippen LogP contribution in [-0.4, -0.2) is 44.4 Å². The molecule has 2 aliphatic heterocycles. The zero-order valence-electron chi connectivity index (χ0n) is 24.3. The van der Waals surface area contributed by atoms with Gasteiger partial charge >= 0.3 is 0 Å². The zero-order valence-corrected chi connectivity index (χ0v) is 24.3. The molecule has 41 heavy (non-hydrogen) atoms. The third-order valence-corrected chi connectivity index (χ3v) is 8.61. The Labute approximate surface area is 242 Å². The van der Waals surface area contributed by atoms with E-state index in [0.29, 0.717) is 29.7 Å². The van der Waals surface area contributed by atoms with E-state index in [1.807, 2.05) is 0 Å². The zero-order chi connectivity index (χ0) is 28.3. The lowest BCUT2D eigenvalue weighted by Crippen LogP contribution is -2.33. The molecule has 1 saturated carbocycles. The Balaban J connectivity index is 1.24. The second-order valence-electron chi connectivity index (χ2n) is 11.4. The number of likely N-dealkylation sites (tertiary alicyclic amines) is 1. The minimum Gasteiger partial charge on any atom is -0.493 e. The number of anilines is 1. The van der Waals surface area contributed by atoms with E-state index in [-0.39, 0.29) is 24.7 Å². The summed E-state index contributed by atoms with van der Waals surface area (Å²) >= 11 is 0. The summed E-state index contributed by atoms with van der Waals surface area (Å²) in [6, 6.07) is 18.9. The highest BCUT2D eigenvalue weighted by Crippen LogP contribution is 2.47. The van der Waals surface area contributed by atoms with Gasteiger partial charge in [-0.25, -0.2) is 0 Å². The van der Waals surface area contributed by atoms with Crippen molar-refractivity contribution in [1.82, 2.24) is 4.90 Å². The molecule has 2 heterocycles. The number of fused-ring (bicyclic) bond motifs is 1. The average molecular weight is 557 g/mol. The molecule has 7 nitrogen and oxygen atoms in total. The van der Waals surface area contributed by atoms with Crippen LogP contribution in [-0.2, 0) is 17.6 Å². The summed E-state index contributed by atoms with van der Waals surface area (Å²) in [5.41, 5.74) is 5.63. The van der Waals surface area contributed by atoms with Crippen LogP contribution in [0.4, 0.5) is 5.69 Å². The van der Waals surface area contributed by atoms with Gasteiger partial charge in [-0.05, 0) is 90.5 Å². The van der Waals surface area contributed by atoms with Gasteiger partial charge < -0.3 is 24.3 Å². The molecule has 6 rings (SSSR count). The number of carbonyl (C=O) groups excluding carboxylic acids is 1. The summed E-state index contributed by atoms with van der Waals surface area (Å²) in [4.78, 5) is 15.9. The van der Waals surface area contributed by atoms with E-state index in [9.17, 15) is 4.79 Å². The molecule has 1 amide bonds. The van der Waals surface area contributed by atoms with Crippen molar-refractivity contribution >= 4 is 11.6 Å². The van der Waals surface area contributed by atoms with Crippen LogP contribution in [0.3, 0.4) is 0 Å². The van der Waals surface area contributed by atoms with Crippen molar-refractivity contribution in [2.75, 3.05) is 38.9 Å². The molecule has 1 saturated heterocycles. The summed E-state index contributed by atoms with van der Waals surface area (Å²) in [7, 11) is 1.65. The molecule has 0 unspecified atom stereocenters. The van der Waals surface area contributed by atoms with Gasteiger partial charge in [0.2, 0.25) is 18.4 Å². The highest BCUT2D eigenvalue weighted by Gasteiger charge is 2.36. The average Bonchev–Trinajstić information content (AvgIpc) is 3.54. The number of para-hydroxylation sites is 1. The van der Waals surface area contributed by atoms with E-state index in [0.717, 1.165) is 49.4 Å². The number of rotatable bonds is 11. The first-order valence-corrected chi connectivity index (χ1v) is 14.9. The minimum atomic E-state index is 0.0129. The molecule has 1 aliphatic carbocycles. The Morgan fingerprint density at radius 1 is 1.00 bits per heavy atom. The standard InChI is InChI=1S/C34H40N2O5/c1-4-23-7-6-8-24(5-2)33(23)35-32(37)19-36-18-27(26-16-30(38-3)34-31(17-26)40-21-41-34)15-29(36)25-11-13-28(14-12-25)39-20-22-9-10-22/h6-8,11-14,16-17,22,27,29H,4-5,9-10,15,18-21H2,1-3H3,(H,35,37)/t27-,29-/m1/s1. The van der Waals surface area contributed by atoms with E-state index < -0.39 is 0 Å². The van der Waals surface area contributed by atoms with Gasteiger partial charge in [-0.1, -0.05) is 44.2 Å². The Morgan fingerprint density at radius 2 is 1.76 bits per heavy atom. The van der Waals surface area contributed by atoms with Crippen LogP contribution < -0.4 is 24.3 Å². The van der Waals surface area contributed by atoms with Crippen molar-refractivity contribution in [2.24, 2.45) is 5.92 Å². The number of nitrogens with one attached hydrogen (secondary N) is 1. The molecule has 7 heteroatoms. The second-order valence-corrected chi connectivity index (χ2v) is 11.4. The number of hydrogen-bond donors (Lipinski definition) is 1. The molecular formula is C34H40N2O5. The van der Waals surface area contributed by atoms with Crippen LogP contribution in [0, 0.1) is 5.92 Å².